The van der Waals surface area contributed by atoms with Gasteiger partial charge in [-0.3, -0.25) is 4.90 Å². The van der Waals surface area contributed by atoms with Gasteiger partial charge in [0.1, 0.15) is 23.6 Å². The van der Waals surface area contributed by atoms with Crippen molar-refractivity contribution >= 4 is 34.3 Å². The van der Waals surface area contributed by atoms with E-state index in [9.17, 15) is 26.7 Å². The van der Waals surface area contributed by atoms with E-state index in [0.717, 1.165) is 18.9 Å². The molecule has 0 spiro atoms. The van der Waals surface area contributed by atoms with Crippen molar-refractivity contribution in [3.63, 3.8) is 0 Å². The predicted octanol–water partition coefficient (Wildman–Crippen LogP) is 7.05. The fourth-order valence-electron chi connectivity index (χ4n) is 5.36. The lowest BCUT2D eigenvalue weighted by molar-refractivity contribution is -0.138. The Kier molecular flexibility index (Phi) is 7.19. The molecule has 14 heteroatoms. The van der Waals surface area contributed by atoms with Crippen LogP contribution in [-0.2, 0) is 12.7 Å². The van der Waals surface area contributed by atoms with Crippen LogP contribution in [0.3, 0.4) is 0 Å². The molecule has 0 radical (unpaired) electrons. The zero-order valence-corrected chi connectivity index (χ0v) is 22.7. The van der Waals surface area contributed by atoms with Crippen molar-refractivity contribution in [3.8, 4) is 11.1 Å². The molecule has 2 aromatic carbocycles. The number of hydrogen-bond donors (Lipinski definition) is 3. The van der Waals surface area contributed by atoms with Crippen LogP contribution in [0.2, 0.25) is 0 Å². The number of likely N-dealkylation sites (tertiary alicyclic amines) is 1. The van der Waals surface area contributed by atoms with Gasteiger partial charge in [-0.25, -0.2) is 27.9 Å². The molecule has 0 bridgehead atoms. The van der Waals surface area contributed by atoms with E-state index in [-0.39, 0.29) is 48.4 Å². The Balaban J connectivity index is 1.17. The van der Waals surface area contributed by atoms with Gasteiger partial charge in [0.15, 0.2) is 0 Å². The lowest BCUT2D eigenvalue weighted by atomic mass is 10.0. The first-order valence-corrected chi connectivity index (χ1v) is 13.7. The molecule has 2 fully saturated rings. The minimum atomic E-state index is -4.75. The molecule has 4 N–H and O–H groups in total. The van der Waals surface area contributed by atoms with Gasteiger partial charge in [0.25, 0.3) is 5.92 Å². The van der Waals surface area contributed by atoms with E-state index in [1.807, 2.05) is 10.8 Å². The van der Waals surface area contributed by atoms with Gasteiger partial charge in [0.2, 0.25) is 0 Å². The average molecular weight is 604 g/mol. The third kappa shape index (κ3) is 6.10. The Morgan fingerprint density at radius 1 is 1.05 bits per heavy atom. The van der Waals surface area contributed by atoms with Crippen molar-refractivity contribution in [2.45, 2.75) is 50.4 Å². The number of urea groups is 1. The minimum absolute atomic E-state index is 0.0270. The number of benzene rings is 2. The van der Waals surface area contributed by atoms with Gasteiger partial charge in [0, 0.05) is 56.0 Å². The number of aromatic nitrogens is 3. The molecule has 3 heterocycles. The maximum absolute atomic E-state index is 15.1. The van der Waals surface area contributed by atoms with Crippen LogP contribution in [0.15, 0.2) is 48.9 Å². The van der Waals surface area contributed by atoms with Gasteiger partial charge >= 0.3 is 12.2 Å². The fraction of sp³-hybridized carbons (Fsp3) is 0.345. The average Bonchev–Trinajstić information content (AvgIpc) is 3.71. The summed E-state index contributed by atoms with van der Waals surface area (Å²) in [4.78, 5) is 22.6. The molecule has 1 aliphatic carbocycles. The zero-order chi connectivity index (χ0) is 30.5. The van der Waals surface area contributed by atoms with E-state index in [4.69, 9.17) is 5.73 Å². The summed E-state index contributed by atoms with van der Waals surface area (Å²) in [6, 6.07) is 6.74. The minimum Gasteiger partial charge on any atom is -0.383 e. The first-order valence-electron chi connectivity index (χ1n) is 13.7. The second-order valence-electron chi connectivity index (χ2n) is 10.9. The van der Waals surface area contributed by atoms with Crippen LogP contribution in [0.1, 0.15) is 42.9 Å². The first-order chi connectivity index (χ1) is 20.4. The second-order valence-corrected chi connectivity index (χ2v) is 10.9. The molecule has 43 heavy (non-hydrogen) atoms. The van der Waals surface area contributed by atoms with Crippen LogP contribution in [0.5, 0.6) is 0 Å². The number of rotatable bonds is 6. The quantitative estimate of drug-likeness (QED) is 0.205. The molecule has 226 valence electrons. The molecule has 2 amide bonds. The third-order valence-electron chi connectivity index (χ3n) is 7.76. The van der Waals surface area contributed by atoms with Gasteiger partial charge < -0.3 is 20.9 Å². The van der Waals surface area contributed by atoms with E-state index >= 15 is 4.39 Å². The summed E-state index contributed by atoms with van der Waals surface area (Å²) in [7, 11) is 0. The number of nitrogens with two attached hydrogens (primary N) is 1. The summed E-state index contributed by atoms with van der Waals surface area (Å²) in [6.45, 7) is -0.215. The van der Waals surface area contributed by atoms with Crippen LogP contribution in [-0.4, -0.2) is 44.5 Å². The molecule has 2 aliphatic rings. The molecule has 0 unspecified atom stereocenters. The predicted molar refractivity (Wildman–Crippen MR) is 149 cm³/mol. The van der Waals surface area contributed by atoms with Crippen LogP contribution in [0, 0.1) is 5.82 Å². The molecule has 1 saturated carbocycles. The number of alkyl halides is 5. The van der Waals surface area contributed by atoms with E-state index in [1.54, 1.807) is 11.0 Å². The number of fused-ring (bicyclic) bond motifs is 1. The number of piperidine rings is 1. The Morgan fingerprint density at radius 3 is 2.47 bits per heavy atom. The van der Waals surface area contributed by atoms with E-state index in [2.05, 4.69) is 20.6 Å². The normalized spacial score (nSPS) is 17.3. The largest absolute Gasteiger partial charge is 0.416 e. The second kappa shape index (κ2) is 10.7. The van der Waals surface area contributed by atoms with Crippen LogP contribution in [0.25, 0.3) is 22.2 Å². The molecule has 0 atom stereocenters. The van der Waals surface area contributed by atoms with Crippen molar-refractivity contribution in [3.05, 3.63) is 65.9 Å². The molecule has 8 nitrogen and oxygen atoms in total. The third-order valence-corrected chi connectivity index (χ3v) is 7.76. The highest BCUT2D eigenvalue weighted by molar-refractivity contribution is 6.02. The SMILES string of the molecule is Nc1ncnc2c1c(-c1ccc(NC(=O)Nc3ccc(CN4CCC(F)(F)CC4)c(C(F)(F)F)c3)c(F)c1)cn2C1CC1. The number of anilines is 3. The van der Waals surface area contributed by atoms with Crippen molar-refractivity contribution in [2.75, 3.05) is 29.5 Å². The van der Waals surface area contributed by atoms with E-state index < -0.39 is 42.4 Å². The molecule has 2 aromatic heterocycles. The molecule has 1 aliphatic heterocycles. The van der Waals surface area contributed by atoms with Gasteiger partial charge in [-0.1, -0.05) is 12.1 Å². The van der Waals surface area contributed by atoms with Crippen LogP contribution in [0.4, 0.5) is 48.3 Å². The molecule has 1 saturated heterocycles. The van der Waals surface area contributed by atoms with Crippen LogP contribution >= 0.6 is 0 Å². The summed E-state index contributed by atoms with van der Waals surface area (Å²) in [5.41, 5.74) is 6.43. The van der Waals surface area contributed by atoms with Crippen molar-refractivity contribution in [2.24, 2.45) is 0 Å². The zero-order valence-electron chi connectivity index (χ0n) is 22.7. The number of nitrogens with zero attached hydrogens (tertiary/aromatic N) is 4. The first kappa shape index (κ1) is 28.8. The number of nitrogen functional groups attached to an aromatic ring is 1. The van der Waals surface area contributed by atoms with Gasteiger partial charge in [0.05, 0.1) is 16.6 Å². The topological polar surface area (TPSA) is 101 Å². The monoisotopic (exact) mass is 603 g/mol. The highest BCUT2D eigenvalue weighted by Gasteiger charge is 2.37. The smallest absolute Gasteiger partial charge is 0.383 e. The van der Waals surface area contributed by atoms with Crippen molar-refractivity contribution in [1.29, 1.82) is 0 Å². The number of hydrogen-bond acceptors (Lipinski definition) is 5. The molecule has 4 aromatic rings. The van der Waals surface area contributed by atoms with Gasteiger partial charge in [-0.15, -0.1) is 0 Å². The Morgan fingerprint density at radius 2 is 1.79 bits per heavy atom. The summed E-state index contributed by atoms with van der Waals surface area (Å²) in [5.74, 6) is -3.33. The summed E-state index contributed by atoms with van der Waals surface area (Å²) in [5, 5.41) is 5.22. The van der Waals surface area contributed by atoms with Crippen molar-refractivity contribution < 1.29 is 31.1 Å². The van der Waals surface area contributed by atoms with Gasteiger partial charge in [-0.2, -0.15) is 13.2 Å². The van der Waals surface area contributed by atoms with Gasteiger partial charge in [-0.05, 0) is 48.2 Å². The standard InChI is InChI=1S/C29H27F6N7O/c30-22-11-16(20-14-42(19-4-5-19)26-24(20)25(36)37-15-38-26)2-6-23(22)40-27(43)39-18-3-1-17(21(12-18)29(33,34)35)13-41-9-7-28(31,32)8-10-41/h1-3,6,11-12,14-15,19H,4-5,7-10,13H2,(H2,36,37,38)(H2,39,40,43). The lowest BCUT2D eigenvalue weighted by Gasteiger charge is -2.32. The number of halogens is 6. The Hall–Kier alpha value is -4.33. The van der Waals surface area contributed by atoms with E-state index in [1.165, 1.54) is 30.6 Å². The molecule has 6 rings (SSSR count). The number of carbonyl (C=O) groups is 1. The summed E-state index contributed by atoms with van der Waals surface area (Å²) >= 11 is 0. The highest BCUT2D eigenvalue weighted by Crippen LogP contribution is 2.42. The highest BCUT2D eigenvalue weighted by atomic mass is 19.4. The maximum atomic E-state index is 15.1. The Labute approximate surface area is 241 Å². The summed E-state index contributed by atoms with van der Waals surface area (Å²) in [6.07, 6.45) is -0.377. The number of amides is 2. The van der Waals surface area contributed by atoms with E-state index in [0.29, 0.717) is 22.2 Å². The summed E-state index contributed by atoms with van der Waals surface area (Å²) < 4.78 is 85.6. The Bertz CT molecular complexity index is 1690. The fourth-order valence-corrected chi connectivity index (χ4v) is 5.36. The van der Waals surface area contributed by atoms with Crippen LogP contribution < -0.4 is 16.4 Å². The maximum Gasteiger partial charge on any atom is 0.416 e. The number of carbonyl (C=O) groups excluding carboxylic acids is 1. The lowest BCUT2D eigenvalue weighted by Crippen LogP contribution is -2.39. The number of nitrogens with one attached hydrogen (secondary N) is 2. The molecular weight excluding hydrogens is 576 g/mol. The molecular formula is C29H27F6N7O. The van der Waals surface area contributed by atoms with Crippen molar-refractivity contribution in [1.82, 2.24) is 19.4 Å².